The minimum absolute atomic E-state index is 0.484. The standard InChI is InChI=1S/C14H11Br2ClO/c1-9-2-3-10(8-17)6-14(9)18-13-5-4-11(15)7-12(13)16/h2-7H,8H2,1H3. The van der Waals surface area contributed by atoms with Crippen molar-refractivity contribution in [1.29, 1.82) is 0 Å². The summed E-state index contributed by atoms with van der Waals surface area (Å²) in [6.07, 6.45) is 0. The Kier molecular flexibility index (Phi) is 4.71. The lowest BCUT2D eigenvalue weighted by molar-refractivity contribution is 0.475. The molecule has 1 nitrogen and oxygen atoms in total. The Labute approximate surface area is 128 Å². The maximum atomic E-state index is 5.91. The van der Waals surface area contributed by atoms with Crippen molar-refractivity contribution in [3.05, 3.63) is 56.5 Å². The van der Waals surface area contributed by atoms with E-state index in [4.69, 9.17) is 16.3 Å². The van der Waals surface area contributed by atoms with Crippen molar-refractivity contribution in [2.75, 3.05) is 0 Å². The molecule has 18 heavy (non-hydrogen) atoms. The fraction of sp³-hybridized carbons (Fsp3) is 0.143. The van der Waals surface area contributed by atoms with Crippen LogP contribution in [0, 0.1) is 6.92 Å². The molecule has 0 aliphatic carbocycles. The van der Waals surface area contributed by atoms with Crippen molar-refractivity contribution < 1.29 is 4.74 Å². The van der Waals surface area contributed by atoms with Crippen LogP contribution < -0.4 is 4.74 Å². The zero-order valence-electron chi connectivity index (χ0n) is 9.71. The molecule has 0 N–H and O–H groups in total. The smallest absolute Gasteiger partial charge is 0.141 e. The molecule has 4 heteroatoms. The summed E-state index contributed by atoms with van der Waals surface area (Å²) in [5.41, 5.74) is 2.13. The molecule has 0 saturated carbocycles. The van der Waals surface area contributed by atoms with Crippen molar-refractivity contribution in [3.63, 3.8) is 0 Å². The Balaban J connectivity index is 2.33. The highest BCUT2D eigenvalue weighted by Crippen LogP contribution is 2.33. The van der Waals surface area contributed by atoms with Gasteiger partial charge in [0.1, 0.15) is 11.5 Å². The van der Waals surface area contributed by atoms with Gasteiger partial charge in [0, 0.05) is 10.4 Å². The monoisotopic (exact) mass is 388 g/mol. The van der Waals surface area contributed by atoms with Gasteiger partial charge in [-0.05, 0) is 58.2 Å². The fourth-order valence-corrected chi connectivity index (χ4v) is 2.81. The molecule has 0 unspecified atom stereocenters. The predicted octanol–water partition coefficient (Wildman–Crippen LogP) is 6.05. The van der Waals surface area contributed by atoms with Gasteiger partial charge in [0.2, 0.25) is 0 Å². The van der Waals surface area contributed by atoms with Crippen LogP contribution in [0.3, 0.4) is 0 Å². The summed E-state index contributed by atoms with van der Waals surface area (Å²) in [5.74, 6) is 2.10. The van der Waals surface area contributed by atoms with E-state index in [1.54, 1.807) is 0 Å². The van der Waals surface area contributed by atoms with E-state index in [-0.39, 0.29) is 0 Å². The zero-order chi connectivity index (χ0) is 13.1. The molecular formula is C14H11Br2ClO. The quantitative estimate of drug-likeness (QED) is 0.580. The third-order valence-electron chi connectivity index (χ3n) is 2.52. The van der Waals surface area contributed by atoms with Crippen LogP contribution in [-0.4, -0.2) is 0 Å². The van der Waals surface area contributed by atoms with Crippen LogP contribution in [0.4, 0.5) is 0 Å². The van der Waals surface area contributed by atoms with Gasteiger partial charge >= 0.3 is 0 Å². The third kappa shape index (κ3) is 3.28. The normalized spacial score (nSPS) is 10.4. The van der Waals surface area contributed by atoms with Gasteiger partial charge in [-0.15, -0.1) is 11.6 Å². The Bertz CT molecular complexity index is 570. The topological polar surface area (TPSA) is 9.23 Å². The molecule has 0 aliphatic rings. The van der Waals surface area contributed by atoms with E-state index in [1.165, 1.54) is 0 Å². The fourth-order valence-electron chi connectivity index (χ4n) is 1.51. The number of hydrogen-bond acceptors (Lipinski definition) is 1. The second-order valence-electron chi connectivity index (χ2n) is 3.91. The first-order valence-electron chi connectivity index (χ1n) is 5.38. The van der Waals surface area contributed by atoms with E-state index in [2.05, 4.69) is 31.9 Å². The number of rotatable bonds is 3. The molecule has 0 heterocycles. The molecule has 2 aromatic rings. The minimum Gasteiger partial charge on any atom is -0.456 e. The van der Waals surface area contributed by atoms with Gasteiger partial charge in [-0.3, -0.25) is 0 Å². The average Bonchev–Trinajstić information content (AvgIpc) is 2.35. The molecule has 2 aromatic carbocycles. The van der Waals surface area contributed by atoms with Crippen LogP contribution >= 0.6 is 43.5 Å². The Morgan fingerprint density at radius 3 is 2.50 bits per heavy atom. The second-order valence-corrected chi connectivity index (χ2v) is 5.95. The molecule has 0 amide bonds. The van der Waals surface area contributed by atoms with E-state index in [0.717, 1.165) is 31.6 Å². The third-order valence-corrected chi connectivity index (χ3v) is 3.94. The van der Waals surface area contributed by atoms with Crippen LogP contribution in [0.2, 0.25) is 0 Å². The summed E-state index contributed by atoms with van der Waals surface area (Å²) in [4.78, 5) is 0. The molecule has 0 saturated heterocycles. The van der Waals surface area contributed by atoms with Crippen molar-refractivity contribution in [1.82, 2.24) is 0 Å². The van der Waals surface area contributed by atoms with Gasteiger partial charge in [-0.1, -0.05) is 28.1 Å². The lowest BCUT2D eigenvalue weighted by Crippen LogP contribution is -1.90. The lowest BCUT2D eigenvalue weighted by Gasteiger charge is -2.11. The highest BCUT2D eigenvalue weighted by molar-refractivity contribution is 9.11. The van der Waals surface area contributed by atoms with Crippen molar-refractivity contribution in [2.24, 2.45) is 0 Å². The number of hydrogen-bond donors (Lipinski definition) is 0. The molecular weight excluding hydrogens is 379 g/mol. The molecule has 2 rings (SSSR count). The SMILES string of the molecule is Cc1ccc(CCl)cc1Oc1ccc(Br)cc1Br. The maximum absolute atomic E-state index is 5.91. The maximum Gasteiger partial charge on any atom is 0.141 e. The zero-order valence-corrected chi connectivity index (χ0v) is 13.6. The summed E-state index contributed by atoms with van der Waals surface area (Å²) in [6.45, 7) is 2.01. The van der Waals surface area contributed by atoms with Gasteiger partial charge in [0.25, 0.3) is 0 Å². The number of alkyl halides is 1. The lowest BCUT2D eigenvalue weighted by atomic mass is 10.1. The molecule has 0 aliphatic heterocycles. The van der Waals surface area contributed by atoms with E-state index < -0.39 is 0 Å². The van der Waals surface area contributed by atoms with Crippen molar-refractivity contribution in [2.45, 2.75) is 12.8 Å². The summed E-state index contributed by atoms with van der Waals surface area (Å²) in [5, 5.41) is 0. The molecule has 0 radical (unpaired) electrons. The molecule has 0 spiro atoms. The summed E-state index contributed by atoms with van der Waals surface area (Å²) < 4.78 is 7.83. The highest BCUT2D eigenvalue weighted by atomic mass is 79.9. The van der Waals surface area contributed by atoms with E-state index in [9.17, 15) is 0 Å². The second kappa shape index (κ2) is 6.09. The average molecular weight is 391 g/mol. The summed E-state index contributed by atoms with van der Waals surface area (Å²) in [7, 11) is 0. The first-order valence-corrected chi connectivity index (χ1v) is 7.50. The van der Waals surface area contributed by atoms with Crippen LogP contribution in [0.1, 0.15) is 11.1 Å². The van der Waals surface area contributed by atoms with Crippen molar-refractivity contribution >= 4 is 43.5 Å². The van der Waals surface area contributed by atoms with Gasteiger partial charge in [0.05, 0.1) is 4.47 Å². The van der Waals surface area contributed by atoms with Crippen molar-refractivity contribution in [3.8, 4) is 11.5 Å². The van der Waals surface area contributed by atoms with Gasteiger partial charge in [-0.2, -0.15) is 0 Å². The van der Waals surface area contributed by atoms with Crippen LogP contribution in [-0.2, 0) is 5.88 Å². The molecule has 0 aromatic heterocycles. The first-order chi connectivity index (χ1) is 8.60. The van der Waals surface area contributed by atoms with Gasteiger partial charge in [0.15, 0.2) is 0 Å². The number of benzene rings is 2. The molecule has 0 atom stereocenters. The Morgan fingerprint density at radius 1 is 1.06 bits per heavy atom. The highest BCUT2D eigenvalue weighted by Gasteiger charge is 2.06. The largest absolute Gasteiger partial charge is 0.456 e. The minimum atomic E-state index is 0.484. The van der Waals surface area contributed by atoms with E-state index in [0.29, 0.717) is 5.88 Å². The number of halogens is 3. The van der Waals surface area contributed by atoms with Crippen LogP contribution in [0.25, 0.3) is 0 Å². The van der Waals surface area contributed by atoms with Gasteiger partial charge < -0.3 is 4.74 Å². The Hall–Kier alpha value is -0.510. The number of aryl methyl sites for hydroxylation is 1. The van der Waals surface area contributed by atoms with E-state index in [1.807, 2.05) is 43.3 Å². The molecule has 0 bridgehead atoms. The molecule has 0 fully saturated rings. The Morgan fingerprint density at radius 2 is 1.83 bits per heavy atom. The van der Waals surface area contributed by atoms with E-state index >= 15 is 0 Å². The summed E-state index contributed by atoms with van der Waals surface area (Å²) in [6, 6.07) is 11.8. The first kappa shape index (κ1) is 13.9. The van der Waals surface area contributed by atoms with Crippen LogP contribution in [0.15, 0.2) is 45.3 Å². The summed E-state index contributed by atoms with van der Waals surface area (Å²) >= 11 is 12.7. The predicted molar refractivity (Wildman–Crippen MR) is 82.7 cm³/mol. The van der Waals surface area contributed by atoms with Gasteiger partial charge in [-0.25, -0.2) is 0 Å². The number of ether oxygens (including phenoxy) is 1. The van der Waals surface area contributed by atoms with Crippen LogP contribution in [0.5, 0.6) is 11.5 Å². The molecule has 94 valence electrons.